The highest BCUT2D eigenvalue weighted by atomic mass is 15.1. The van der Waals surface area contributed by atoms with Gasteiger partial charge in [0.1, 0.15) is 11.2 Å². The van der Waals surface area contributed by atoms with Gasteiger partial charge in [-0.15, -0.1) is 0 Å². The highest BCUT2D eigenvalue weighted by Gasteiger charge is 2.49. The molecule has 0 radical (unpaired) electrons. The van der Waals surface area contributed by atoms with Crippen molar-refractivity contribution in [3.8, 4) is 51.0 Å². The topological polar surface area (TPSA) is 56.5 Å². The third-order valence-electron chi connectivity index (χ3n) is 10.1. The van der Waals surface area contributed by atoms with Crippen LogP contribution >= 0.6 is 0 Å². The van der Waals surface area contributed by atoms with Crippen LogP contribution in [0.1, 0.15) is 22.5 Å². The fourth-order valence-electron chi connectivity index (χ4n) is 7.71. The van der Waals surface area contributed by atoms with Gasteiger partial charge in [0.2, 0.25) is 0 Å². The molecule has 244 valence electrons. The van der Waals surface area contributed by atoms with Gasteiger partial charge in [-0.25, -0.2) is 19.9 Å². The van der Waals surface area contributed by atoms with Gasteiger partial charge in [0.05, 0.1) is 16.7 Å². The number of benzene rings is 7. The molecule has 0 fully saturated rings. The maximum Gasteiger partial charge on any atom is 0.164 e. The fraction of sp³-hybridized carbons (Fsp3) is 0.0213. The van der Waals surface area contributed by atoms with E-state index in [1.807, 2.05) is 60.7 Å². The Bertz CT molecular complexity index is 2610. The first-order chi connectivity index (χ1) is 25.8. The van der Waals surface area contributed by atoms with E-state index in [1.54, 1.807) is 0 Å². The van der Waals surface area contributed by atoms with Crippen LogP contribution in [0.15, 0.2) is 188 Å². The number of aromatic nitrogens is 5. The van der Waals surface area contributed by atoms with Crippen LogP contribution in [0.3, 0.4) is 0 Å². The number of para-hydroxylation sites is 2. The molecule has 0 saturated heterocycles. The van der Waals surface area contributed by atoms with Crippen LogP contribution < -0.4 is 0 Å². The molecule has 0 aliphatic carbocycles. The quantitative estimate of drug-likeness (QED) is 0.177. The van der Waals surface area contributed by atoms with Gasteiger partial charge in [-0.1, -0.05) is 164 Å². The largest absolute Gasteiger partial charge is 0.295 e. The van der Waals surface area contributed by atoms with E-state index in [4.69, 9.17) is 19.9 Å². The Balaban J connectivity index is 1.12. The normalized spacial score (nSPS) is 12.8. The highest BCUT2D eigenvalue weighted by molar-refractivity contribution is 5.85. The second kappa shape index (κ2) is 12.1. The monoisotopic (exact) mass is 665 g/mol. The minimum Gasteiger partial charge on any atom is -0.295 e. The molecular weight excluding hydrogens is 635 g/mol. The van der Waals surface area contributed by atoms with E-state index in [0.29, 0.717) is 17.5 Å². The summed E-state index contributed by atoms with van der Waals surface area (Å²) < 4.78 is 2.35. The van der Waals surface area contributed by atoms with E-state index in [9.17, 15) is 0 Å². The fourth-order valence-corrected chi connectivity index (χ4v) is 7.71. The summed E-state index contributed by atoms with van der Waals surface area (Å²) in [6.07, 6.45) is 0. The summed E-state index contributed by atoms with van der Waals surface area (Å²) >= 11 is 0. The molecule has 0 unspecified atom stereocenters. The summed E-state index contributed by atoms with van der Waals surface area (Å²) in [4.78, 5) is 20.1. The molecule has 0 atom stereocenters. The number of hydrogen-bond acceptors (Lipinski definition) is 4. The zero-order valence-electron chi connectivity index (χ0n) is 28.1. The molecule has 0 N–H and O–H groups in total. The number of nitrogens with zero attached hydrogens (tertiary/aromatic N) is 5. The molecule has 0 spiro atoms. The average molecular weight is 666 g/mol. The zero-order valence-corrected chi connectivity index (χ0v) is 28.1. The van der Waals surface area contributed by atoms with Crippen molar-refractivity contribution in [1.82, 2.24) is 24.5 Å². The Labute approximate surface area is 301 Å². The number of hydrogen-bond donors (Lipinski definition) is 0. The lowest BCUT2D eigenvalue weighted by molar-refractivity contribution is 0.718. The van der Waals surface area contributed by atoms with Gasteiger partial charge >= 0.3 is 0 Å². The molecule has 9 aromatic rings. The molecule has 3 heterocycles. The first-order valence-corrected chi connectivity index (χ1v) is 17.5. The molecule has 52 heavy (non-hydrogen) atoms. The molecule has 0 amide bonds. The molecule has 5 heteroatoms. The molecular formula is C47H31N5. The average Bonchev–Trinajstić information content (AvgIpc) is 3.75. The van der Waals surface area contributed by atoms with Gasteiger partial charge in [0.25, 0.3) is 0 Å². The van der Waals surface area contributed by atoms with E-state index < -0.39 is 5.41 Å². The first kappa shape index (κ1) is 29.9. The Morgan fingerprint density at radius 3 is 1.37 bits per heavy atom. The van der Waals surface area contributed by atoms with Crippen molar-refractivity contribution >= 4 is 11.0 Å². The lowest BCUT2D eigenvalue weighted by Crippen LogP contribution is -2.29. The van der Waals surface area contributed by atoms with Crippen molar-refractivity contribution < 1.29 is 0 Å². The lowest BCUT2D eigenvalue weighted by atomic mass is 9.69. The standard InChI is InChI=1S/C47H31N5/c1-5-15-33(16-6-1)43-49-44(34-17-7-2-8-18-34)51-45(50-43)35-27-25-32(26-28-35)36-29-30-41-39(31-36)47(37-19-9-3-10-20-37,38-21-11-4-12-22-38)46-48-40-23-13-14-24-42(40)52(41)46/h1-31H. The van der Waals surface area contributed by atoms with Crippen LogP contribution in [0.25, 0.3) is 62.0 Å². The smallest absolute Gasteiger partial charge is 0.164 e. The summed E-state index contributed by atoms with van der Waals surface area (Å²) in [5, 5.41) is 0. The number of fused-ring (bicyclic) bond motifs is 5. The Kier molecular flexibility index (Phi) is 6.96. The summed E-state index contributed by atoms with van der Waals surface area (Å²) in [5.41, 5.74) is 11.3. The predicted molar refractivity (Wildman–Crippen MR) is 208 cm³/mol. The van der Waals surface area contributed by atoms with Crippen LogP contribution in [0, 0.1) is 0 Å². The van der Waals surface area contributed by atoms with Crippen molar-refractivity contribution in [3.63, 3.8) is 0 Å². The second-order valence-electron chi connectivity index (χ2n) is 13.1. The Hall–Kier alpha value is -6.98. The maximum atomic E-state index is 5.36. The van der Waals surface area contributed by atoms with Gasteiger partial charge in [-0.05, 0) is 52.1 Å². The van der Waals surface area contributed by atoms with Crippen molar-refractivity contribution in [2.24, 2.45) is 0 Å². The molecule has 2 aromatic heterocycles. The lowest BCUT2D eigenvalue weighted by Gasteiger charge is -2.31. The minimum absolute atomic E-state index is 0.612. The molecule has 0 bridgehead atoms. The van der Waals surface area contributed by atoms with E-state index in [-0.39, 0.29) is 0 Å². The maximum absolute atomic E-state index is 5.36. The molecule has 7 aromatic carbocycles. The van der Waals surface area contributed by atoms with Gasteiger partial charge in [-0.3, -0.25) is 4.57 Å². The number of rotatable bonds is 6. The first-order valence-electron chi connectivity index (χ1n) is 17.5. The van der Waals surface area contributed by atoms with Gasteiger partial charge in [0, 0.05) is 16.7 Å². The highest BCUT2D eigenvalue weighted by Crippen LogP contribution is 2.53. The van der Waals surface area contributed by atoms with E-state index >= 15 is 0 Å². The zero-order chi connectivity index (χ0) is 34.5. The van der Waals surface area contributed by atoms with Crippen LogP contribution in [-0.2, 0) is 5.41 Å². The third-order valence-corrected chi connectivity index (χ3v) is 10.1. The minimum atomic E-state index is -0.612. The Morgan fingerprint density at radius 1 is 0.365 bits per heavy atom. The van der Waals surface area contributed by atoms with Crippen LogP contribution in [0.5, 0.6) is 0 Å². The molecule has 1 aliphatic rings. The number of imidazole rings is 1. The SMILES string of the molecule is c1ccc(-c2nc(-c3ccccc3)nc(-c3ccc(-c4ccc5c(c4)C(c4ccccc4)(c4ccccc4)c4nc6ccccc6n4-5)cc3)n2)cc1. The second-order valence-corrected chi connectivity index (χ2v) is 13.1. The van der Waals surface area contributed by atoms with Crippen molar-refractivity contribution in [3.05, 3.63) is 211 Å². The predicted octanol–water partition coefficient (Wildman–Crippen LogP) is 10.6. The van der Waals surface area contributed by atoms with Gasteiger partial charge in [-0.2, -0.15) is 0 Å². The van der Waals surface area contributed by atoms with Crippen LogP contribution in [0.4, 0.5) is 0 Å². The van der Waals surface area contributed by atoms with Crippen LogP contribution in [-0.4, -0.2) is 24.5 Å². The summed E-state index contributed by atoms with van der Waals surface area (Å²) in [7, 11) is 0. The third kappa shape index (κ3) is 4.71. The van der Waals surface area contributed by atoms with Crippen molar-refractivity contribution in [1.29, 1.82) is 0 Å². The molecule has 1 aliphatic heterocycles. The summed E-state index contributed by atoms with van der Waals surface area (Å²) in [6, 6.07) is 65.6. The molecule has 10 rings (SSSR count). The van der Waals surface area contributed by atoms with Crippen LogP contribution in [0.2, 0.25) is 0 Å². The summed E-state index contributed by atoms with van der Waals surface area (Å²) in [6.45, 7) is 0. The molecule has 0 saturated carbocycles. The van der Waals surface area contributed by atoms with E-state index in [1.165, 1.54) is 16.7 Å². The summed E-state index contributed by atoms with van der Waals surface area (Å²) in [5.74, 6) is 2.94. The van der Waals surface area contributed by atoms with Crippen molar-refractivity contribution in [2.75, 3.05) is 0 Å². The molecule has 5 nitrogen and oxygen atoms in total. The van der Waals surface area contributed by atoms with E-state index in [2.05, 4.69) is 132 Å². The van der Waals surface area contributed by atoms with Gasteiger partial charge < -0.3 is 0 Å². The van der Waals surface area contributed by atoms with E-state index in [0.717, 1.165) is 50.4 Å². The Morgan fingerprint density at radius 2 is 0.808 bits per heavy atom. The van der Waals surface area contributed by atoms with Gasteiger partial charge in [0.15, 0.2) is 17.5 Å². The van der Waals surface area contributed by atoms with Crippen molar-refractivity contribution in [2.45, 2.75) is 5.41 Å².